The first kappa shape index (κ1) is 15.2. The van der Waals surface area contributed by atoms with Crippen LogP contribution in [0, 0.1) is 11.7 Å². The van der Waals surface area contributed by atoms with E-state index >= 15 is 0 Å². The average molecular weight is 325 g/mol. The molecule has 1 aromatic heterocycles. The second-order valence-electron chi connectivity index (χ2n) is 5.45. The first-order chi connectivity index (χ1) is 10.4. The number of benzene rings is 1. The largest absolute Gasteiger partial charge is 0.466 e. The summed E-state index contributed by atoms with van der Waals surface area (Å²) in [6.45, 7) is -0.190. The molecular formula is C15H16FNO4S. The summed E-state index contributed by atoms with van der Waals surface area (Å²) in [5.74, 6) is -0.199. The number of hydrogen-bond acceptors (Lipinski definition) is 4. The predicted octanol–water partition coefficient (Wildman–Crippen LogP) is 1.99. The van der Waals surface area contributed by atoms with Crippen molar-refractivity contribution in [3.05, 3.63) is 54.2 Å². The third kappa shape index (κ3) is 2.92. The van der Waals surface area contributed by atoms with Gasteiger partial charge < -0.3 is 9.52 Å². The van der Waals surface area contributed by atoms with Gasteiger partial charge in [0, 0.05) is 6.54 Å². The number of hydrogen-bond donors (Lipinski definition) is 2. The van der Waals surface area contributed by atoms with Gasteiger partial charge in [0.25, 0.3) is 0 Å². The molecule has 1 aliphatic carbocycles. The predicted molar refractivity (Wildman–Crippen MR) is 76.9 cm³/mol. The van der Waals surface area contributed by atoms with Crippen molar-refractivity contribution in [3.8, 4) is 0 Å². The molecule has 1 unspecified atom stereocenters. The smallest absolute Gasteiger partial charge is 0.240 e. The van der Waals surface area contributed by atoms with Gasteiger partial charge in [-0.05, 0) is 55.2 Å². The second kappa shape index (κ2) is 5.49. The fourth-order valence-corrected chi connectivity index (χ4v) is 3.49. The minimum atomic E-state index is -3.83. The molecule has 7 heteroatoms. The number of nitrogens with one attached hydrogen (secondary N) is 1. The van der Waals surface area contributed by atoms with Crippen molar-refractivity contribution in [2.75, 3.05) is 6.54 Å². The molecule has 1 saturated carbocycles. The lowest BCUT2D eigenvalue weighted by molar-refractivity contribution is -0.00224. The van der Waals surface area contributed by atoms with E-state index in [1.807, 2.05) is 0 Å². The van der Waals surface area contributed by atoms with E-state index in [0.717, 1.165) is 25.0 Å². The van der Waals surface area contributed by atoms with Gasteiger partial charge >= 0.3 is 0 Å². The highest BCUT2D eigenvalue weighted by atomic mass is 32.2. The van der Waals surface area contributed by atoms with Crippen molar-refractivity contribution in [1.82, 2.24) is 4.72 Å². The first-order valence-electron chi connectivity index (χ1n) is 6.93. The van der Waals surface area contributed by atoms with Gasteiger partial charge in [-0.1, -0.05) is 0 Å². The summed E-state index contributed by atoms with van der Waals surface area (Å²) in [5.41, 5.74) is -1.36. The van der Waals surface area contributed by atoms with E-state index in [0.29, 0.717) is 5.76 Å². The van der Waals surface area contributed by atoms with Crippen LogP contribution in [0.5, 0.6) is 0 Å². The van der Waals surface area contributed by atoms with Gasteiger partial charge in [-0.25, -0.2) is 17.5 Å². The lowest BCUT2D eigenvalue weighted by Crippen LogP contribution is -2.42. The zero-order chi connectivity index (χ0) is 15.8. The molecule has 0 saturated heterocycles. The fraction of sp³-hybridized carbons (Fsp3) is 0.333. The zero-order valence-corrected chi connectivity index (χ0v) is 12.5. The summed E-state index contributed by atoms with van der Waals surface area (Å²) in [5, 5.41) is 10.8. The van der Waals surface area contributed by atoms with Gasteiger partial charge in [0.05, 0.1) is 11.2 Å². The van der Waals surface area contributed by atoms with E-state index < -0.39 is 21.4 Å². The van der Waals surface area contributed by atoms with Crippen molar-refractivity contribution in [2.45, 2.75) is 23.3 Å². The molecule has 0 bridgehead atoms. The number of rotatable bonds is 6. The molecule has 0 amide bonds. The third-order valence-corrected chi connectivity index (χ3v) is 5.27. The molecule has 22 heavy (non-hydrogen) atoms. The maximum Gasteiger partial charge on any atom is 0.240 e. The van der Waals surface area contributed by atoms with Crippen molar-refractivity contribution in [3.63, 3.8) is 0 Å². The Labute approximate surface area is 127 Å². The van der Waals surface area contributed by atoms with Crippen LogP contribution in [-0.4, -0.2) is 20.1 Å². The van der Waals surface area contributed by atoms with Crippen LogP contribution in [0.15, 0.2) is 52.0 Å². The number of halogens is 1. The summed E-state index contributed by atoms with van der Waals surface area (Å²) in [6.07, 6.45) is 3.07. The fourth-order valence-electron chi connectivity index (χ4n) is 2.42. The Morgan fingerprint density at radius 3 is 2.50 bits per heavy atom. The monoisotopic (exact) mass is 325 g/mol. The molecule has 0 aliphatic heterocycles. The quantitative estimate of drug-likeness (QED) is 0.851. The van der Waals surface area contributed by atoms with Gasteiger partial charge in [-0.3, -0.25) is 0 Å². The summed E-state index contributed by atoms with van der Waals surface area (Å²) in [7, 11) is -3.83. The third-order valence-electron chi connectivity index (χ3n) is 3.86. The topological polar surface area (TPSA) is 79.5 Å². The summed E-state index contributed by atoms with van der Waals surface area (Å²) in [4.78, 5) is -0.0495. The normalized spacial score (nSPS) is 18.1. The highest BCUT2D eigenvalue weighted by Gasteiger charge is 2.47. The Morgan fingerprint density at radius 1 is 1.27 bits per heavy atom. The van der Waals surface area contributed by atoms with Crippen LogP contribution in [0.1, 0.15) is 18.6 Å². The maximum absolute atomic E-state index is 12.9. The number of aliphatic hydroxyl groups is 1. The highest BCUT2D eigenvalue weighted by Crippen LogP contribution is 2.45. The molecule has 0 radical (unpaired) electrons. The minimum Gasteiger partial charge on any atom is -0.466 e. The van der Waals surface area contributed by atoms with Crippen LogP contribution in [0.25, 0.3) is 0 Å². The van der Waals surface area contributed by atoms with Gasteiger partial charge in [0.15, 0.2) is 0 Å². The molecule has 1 atom stereocenters. The Morgan fingerprint density at radius 2 is 1.95 bits per heavy atom. The molecule has 5 nitrogen and oxygen atoms in total. The lowest BCUT2D eigenvalue weighted by Gasteiger charge is -2.26. The Hall–Kier alpha value is -1.70. The van der Waals surface area contributed by atoms with Crippen LogP contribution in [-0.2, 0) is 15.6 Å². The molecule has 1 fully saturated rings. The summed E-state index contributed by atoms with van der Waals surface area (Å²) < 4.78 is 45.0. The van der Waals surface area contributed by atoms with Gasteiger partial charge in [-0.2, -0.15) is 0 Å². The van der Waals surface area contributed by atoms with E-state index in [1.165, 1.54) is 18.4 Å². The standard InChI is InChI=1S/C15H16FNO4S/c16-12-5-7-13(8-6-12)22(19,20)17-10-15(18,11-3-4-11)14-2-1-9-21-14/h1-2,5-9,11,17-18H,3-4,10H2. The van der Waals surface area contributed by atoms with Crippen LogP contribution < -0.4 is 4.72 Å². The average Bonchev–Trinajstić information content (AvgIpc) is 3.21. The summed E-state index contributed by atoms with van der Waals surface area (Å²) in [6, 6.07) is 7.80. The molecule has 1 aliphatic rings. The van der Waals surface area contributed by atoms with Crippen LogP contribution in [0.3, 0.4) is 0 Å². The van der Waals surface area contributed by atoms with Crippen LogP contribution >= 0.6 is 0 Å². The first-order valence-corrected chi connectivity index (χ1v) is 8.42. The molecule has 2 aromatic rings. The van der Waals surface area contributed by atoms with E-state index in [-0.39, 0.29) is 17.4 Å². The van der Waals surface area contributed by atoms with Crippen molar-refractivity contribution in [1.29, 1.82) is 0 Å². The Balaban J connectivity index is 1.79. The zero-order valence-electron chi connectivity index (χ0n) is 11.7. The van der Waals surface area contributed by atoms with Crippen molar-refractivity contribution < 1.29 is 22.3 Å². The van der Waals surface area contributed by atoms with Gasteiger partial charge in [-0.15, -0.1) is 0 Å². The van der Waals surface area contributed by atoms with Crippen LogP contribution in [0.4, 0.5) is 4.39 Å². The number of sulfonamides is 1. The molecule has 0 spiro atoms. The maximum atomic E-state index is 12.9. The molecule has 3 rings (SSSR count). The van der Waals surface area contributed by atoms with Gasteiger partial charge in [0.2, 0.25) is 10.0 Å². The molecule has 118 valence electrons. The second-order valence-corrected chi connectivity index (χ2v) is 7.22. The van der Waals surface area contributed by atoms with Crippen molar-refractivity contribution >= 4 is 10.0 Å². The highest BCUT2D eigenvalue weighted by molar-refractivity contribution is 7.89. The molecular weight excluding hydrogens is 309 g/mol. The molecule has 1 heterocycles. The molecule has 2 N–H and O–H groups in total. The van der Waals surface area contributed by atoms with E-state index in [4.69, 9.17) is 4.42 Å². The van der Waals surface area contributed by atoms with E-state index in [1.54, 1.807) is 12.1 Å². The Kier molecular flexibility index (Phi) is 3.80. The lowest BCUT2D eigenvalue weighted by atomic mass is 9.95. The Bertz CT molecular complexity index is 738. The van der Waals surface area contributed by atoms with Gasteiger partial charge in [0.1, 0.15) is 17.2 Å². The van der Waals surface area contributed by atoms with Crippen LogP contribution in [0.2, 0.25) is 0 Å². The molecule has 1 aromatic carbocycles. The van der Waals surface area contributed by atoms with Crippen molar-refractivity contribution in [2.24, 2.45) is 5.92 Å². The van der Waals surface area contributed by atoms with E-state index in [2.05, 4.69) is 4.72 Å². The summed E-state index contributed by atoms with van der Waals surface area (Å²) >= 11 is 0. The SMILES string of the molecule is O=S(=O)(NCC(O)(c1ccco1)C1CC1)c1ccc(F)cc1. The number of furan rings is 1. The van der Waals surface area contributed by atoms with E-state index in [9.17, 15) is 17.9 Å². The minimum absolute atomic E-state index is 0.0328.